The monoisotopic (exact) mass is 348 g/mol. The SMILES string of the molecule is Fc1cc(CCl)ccc1Oc1ccc(Cl)cc1Br. The second-order valence-corrected chi connectivity index (χ2v) is 5.13. The van der Waals surface area contributed by atoms with Crippen molar-refractivity contribution in [3.63, 3.8) is 0 Å². The van der Waals surface area contributed by atoms with Crippen molar-refractivity contribution in [1.29, 1.82) is 0 Å². The summed E-state index contributed by atoms with van der Waals surface area (Å²) in [5, 5.41) is 0.576. The van der Waals surface area contributed by atoms with Crippen LogP contribution in [0.25, 0.3) is 0 Å². The summed E-state index contributed by atoms with van der Waals surface area (Å²) in [5.74, 6) is 0.459. The number of hydrogen-bond donors (Lipinski definition) is 0. The Morgan fingerprint density at radius 2 is 1.83 bits per heavy atom. The van der Waals surface area contributed by atoms with Crippen molar-refractivity contribution < 1.29 is 9.13 Å². The van der Waals surface area contributed by atoms with Crippen molar-refractivity contribution in [1.82, 2.24) is 0 Å². The third-order valence-corrected chi connectivity index (χ3v) is 3.43. The molecule has 0 heterocycles. The lowest BCUT2D eigenvalue weighted by Gasteiger charge is -2.09. The Balaban J connectivity index is 2.28. The van der Waals surface area contributed by atoms with E-state index in [-0.39, 0.29) is 11.6 Å². The number of halogens is 4. The highest BCUT2D eigenvalue weighted by atomic mass is 79.9. The number of hydrogen-bond acceptors (Lipinski definition) is 1. The van der Waals surface area contributed by atoms with Crippen LogP contribution in [0, 0.1) is 5.82 Å². The minimum absolute atomic E-state index is 0.145. The summed E-state index contributed by atoms with van der Waals surface area (Å²) in [6, 6.07) is 9.64. The fourth-order valence-corrected chi connectivity index (χ4v) is 2.32. The Kier molecular flexibility index (Phi) is 4.49. The van der Waals surface area contributed by atoms with E-state index in [1.54, 1.807) is 30.3 Å². The second-order valence-electron chi connectivity index (χ2n) is 3.58. The van der Waals surface area contributed by atoms with Crippen molar-refractivity contribution in [3.05, 3.63) is 57.3 Å². The van der Waals surface area contributed by atoms with Crippen LogP contribution in [0.1, 0.15) is 5.56 Å². The van der Waals surface area contributed by atoms with Crippen molar-refractivity contribution in [2.75, 3.05) is 0 Å². The number of rotatable bonds is 3. The molecular weight excluding hydrogens is 342 g/mol. The van der Waals surface area contributed by atoms with Crippen LogP contribution in [0.2, 0.25) is 5.02 Å². The molecule has 2 rings (SSSR count). The van der Waals surface area contributed by atoms with Crippen LogP contribution in [0.15, 0.2) is 40.9 Å². The van der Waals surface area contributed by atoms with E-state index in [4.69, 9.17) is 27.9 Å². The van der Waals surface area contributed by atoms with Gasteiger partial charge in [-0.1, -0.05) is 17.7 Å². The van der Waals surface area contributed by atoms with E-state index in [2.05, 4.69) is 15.9 Å². The van der Waals surface area contributed by atoms with E-state index in [0.29, 0.717) is 20.8 Å². The van der Waals surface area contributed by atoms with E-state index >= 15 is 0 Å². The van der Waals surface area contributed by atoms with E-state index in [0.717, 1.165) is 0 Å². The first-order chi connectivity index (χ1) is 8.60. The lowest BCUT2D eigenvalue weighted by molar-refractivity contribution is 0.439. The summed E-state index contributed by atoms with van der Waals surface area (Å²) in [4.78, 5) is 0. The Hall–Kier alpha value is -0.770. The number of alkyl halides is 1. The first-order valence-electron chi connectivity index (χ1n) is 5.07. The Bertz CT molecular complexity index is 575. The molecule has 0 aliphatic heterocycles. The van der Waals surface area contributed by atoms with Gasteiger partial charge in [0.1, 0.15) is 5.75 Å². The molecule has 0 aliphatic carbocycles. The molecule has 0 bridgehead atoms. The molecule has 0 spiro atoms. The molecule has 0 N–H and O–H groups in total. The van der Waals surface area contributed by atoms with Gasteiger partial charge in [0.15, 0.2) is 11.6 Å². The molecule has 1 nitrogen and oxygen atoms in total. The zero-order valence-electron chi connectivity index (χ0n) is 9.09. The van der Waals surface area contributed by atoms with Crippen LogP contribution in [0.3, 0.4) is 0 Å². The highest BCUT2D eigenvalue weighted by molar-refractivity contribution is 9.10. The number of benzene rings is 2. The lowest BCUT2D eigenvalue weighted by atomic mass is 10.2. The van der Waals surface area contributed by atoms with Crippen molar-refractivity contribution in [3.8, 4) is 11.5 Å². The molecule has 0 aromatic heterocycles. The van der Waals surface area contributed by atoms with Crippen molar-refractivity contribution in [2.45, 2.75) is 5.88 Å². The van der Waals surface area contributed by atoms with Gasteiger partial charge in [-0.25, -0.2) is 4.39 Å². The van der Waals surface area contributed by atoms with Gasteiger partial charge in [-0.15, -0.1) is 11.6 Å². The molecule has 0 aliphatic rings. The summed E-state index contributed by atoms with van der Waals surface area (Å²) in [6.07, 6.45) is 0. The fraction of sp³-hybridized carbons (Fsp3) is 0.0769. The molecule has 18 heavy (non-hydrogen) atoms. The molecule has 2 aromatic rings. The molecule has 94 valence electrons. The van der Waals surface area contributed by atoms with Crippen LogP contribution in [0.5, 0.6) is 11.5 Å². The third kappa shape index (κ3) is 3.16. The maximum Gasteiger partial charge on any atom is 0.166 e. The molecule has 0 atom stereocenters. The minimum atomic E-state index is -0.449. The largest absolute Gasteiger partial charge is 0.453 e. The third-order valence-electron chi connectivity index (χ3n) is 2.26. The molecule has 0 saturated carbocycles. The molecule has 0 saturated heterocycles. The van der Waals surface area contributed by atoms with Crippen LogP contribution in [0.4, 0.5) is 4.39 Å². The van der Waals surface area contributed by atoms with Gasteiger partial charge in [0.05, 0.1) is 4.47 Å². The van der Waals surface area contributed by atoms with Gasteiger partial charge in [0.25, 0.3) is 0 Å². The van der Waals surface area contributed by atoms with Gasteiger partial charge in [-0.2, -0.15) is 0 Å². The Labute approximate surface area is 123 Å². The zero-order valence-corrected chi connectivity index (χ0v) is 12.2. The van der Waals surface area contributed by atoms with Gasteiger partial charge >= 0.3 is 0 Å². The predicted molar refractivity (Wildman–Crippen MR) is 75.2 cm³/mol. The van der Waals surface area contributed by atoms with Gasteiger partial charge in [0.2, 0.25) is 0 Å². The maximum absolute atomic E-state index is 13.7. The van der Waals surface area contributed by atoms with E-state index in [1.165, 1.54) is 6.07 Å². The Morgan fingerprint density at radius 3 is 2.44 bits per heavy atom. The van der Waals surface area contributed by atoms with E-state index in [1.807, 2.05) is 0 Å². The lowest BCUT2D eigenvalue weighted by Crippen LogP contribution is -1.90. The van der Waals surface area contributed by atoms with Gasteiger partial charge < -0.3 is 4.74 Å². The van der Waals surface area contributed by atoms with Gasteiger partial charge in [-0.05, 0) is 51.8 Å². The highest BCUT2D eigenvalue weighted by Gasteiger charge is 2.08. The van der Waals surface area contributed by atoms with Crippen LogP contribution in [-0.2, 0) is 5.88 Å². The molecule has 0 unspecified atom stereocenters. The Morgan fingerprint density at radius 1 is 1.11 bits per heavy atom. The van der Waals surface area contributed by atoms with Crippen molar-refractivity contribution in [2.24, 2.45) is 0 Å². The molecule has 0 amide bonds. The average Bonchev–Trinajstić information content (AvgIpc) is 2.34. The molecule has 0 fully saturated rings. The van der Waals surface area contributed by atoms with Gasteiger partial charge in [-0.3, -0.25) is 0 Å². The fourth-order valence-electron chi connectivity index (χ4n) is 1.39. The average molecular weight is 350 g/mol. The van der Waals surface area contributed by atoms with Crippen LogP contribution < -0.4 is 4.74 Å². The van der Waals surface area contributed by atoms with Crippen LogP contribution >= 0.6 is 39.1 Å². The zero-order chi connectivity index (χ0) is 13.1. The molecular formula is C13H8BrCl2FO. The first kappa shape index (κ1) is 13.7. The summed E-state index contributed by atoms with van der Waals surface area (Å²) >= 11 is 14.7. The molecule has 5 heteroatoms. The smallest absolute Gasteiger partial charge is 0.166 e. The standard InChI is InChI=1S/C13H8BrCl2FO/c14-10-6-9(16)2-4-12(10)18-13-3-1-8(7-15)5-11(13)17/h1-6H,7H2. The second kappa shape index (κ2) is 5.91. The van der Waals surface area contributed by atoms with E-state index in [9.17, 15) is 4.39 Å². The quantitative estimate of drug-likeness (QED) is 0.639. The topological polar surface area (TPSA) is 9.23 Å². The first-order valence-corrected chi connectivity index (χ1v) is 6.78. The summed E-state index contributed by atoms with van der Waals surface area (Å²) < 4.78 is 19.8. The van der Waals surface area contributed by atoms with Gasteiger partial charge in [0, 0.05) is 10.9 Å². The van der Waals surface area contributed by atoms with Crippen molar-refractivity contribution >= 4 is 39.1 Å². The molecule has 2 aromatic carbocycles. The normalized spacial score (nSPS) is 10.4. The summed E-state index contributed by atoms with van der Waals surface area (Å²) in [5.41, 5.74) is 0.705. The van der Waals surface area contributed by atoms with E-state index < -0.39 is 5.82 Å². The number of ether oxygens (including phenoxy) is 1. The maximum atomic E-state index is 13.7. The minimum Gasteiger partial charge on any atom is -0.453 e. The molecule has 0 radical (unpaired) electrons. The van der Waals surface area contributed by atoms with Crippen LogP contribution in [-0.4, -0.2) is 0 Å². The summed E-state index contributed by atoms with van der Waals surface area (Å²) in [7, 11) is 0. The highest BCUT2D eigenvalue weighted by Crippen LogP contribution is 2.33. The predicted octanol–water partition coefficient (Wildman–Crippen LogP) is 5.77. The summed E-state index contributed by atoms with van der Waals surface area (Å²) in [6.45, 7) is 0.